The molecule has 0 atom stereocenters. The van der Waals surface area contributed by atoms with Crippen molar-refractivity contribution < 1.29 is 4.74 Å². The van der Waals surface area contributed by atoms with Gasteiger partial charge in [0.15, 0.2) is 11.5 Å². The molecular weight excluding hydrogens is 372 g/mol. The summed E-state index contributed by atoms with van der Waals surface area (Å²) in [6.07, 6.45) is 4.57. The van der Waals surface area contributed by atoms with Gasteiger partial charge in [-0.2, -0.15) is 9.97 Å². The average Bonchev–Trinajstić information content (AvgIpc) is 3.03. The summed E-state index contributed by atoms with van der Waals surface area (Å²) >= 11 is 0. The van der Waals surface area contributed by atoms with Crippen LogP contribution >= 0.6 is 0 Å². The van der Waals surface area contributed by atoms with Crippen LogP contribution in [-0.4, -0.2) is 44.2 Å². The highest BCUT2D eigenvalue weighted by molar-refractivity contribution is 5.81. The number of nitrogens with zero attached hydrogens (tertiary/aromatic N) is 4. The number of anilines is 1. The van der Waals surface area contributed by atoms with Gasteiger partial charge in [-0.25, -0.2) is 4.79 Å². The van der Waals surface area contributed by atoms with Gasteiger partial charge in [-0.3, -0.25) is 9.55 Å². The molecule has 10 heteroatoms. The second-order valence-corrected chi connectivity index (χ2v) is 6.79. The summed E-state index contributed by atoms with van der Waals surface area (Å²) in [5.74, 6) is 0.189. The fraction of sp³-hybridized carbons (Fsp3) is 0.474. The fourth-order valence-electron chi connectivity index (χ4n) is 2.83. The molecule has 6 N–H and O–H groups in total. The van der Waals surface area contributed by atoms with E-state index in [0.29, 0.717) is 37.4 Å². The molecule has 0 fully saturated rings. The summed E-state index contributed by atoms with van der Waals surface area (Å²) in [5.41, 5.74) is 13.8. The van der Waals surface area contributed by atoms with Crippen LogP contribution in [0.5, 0.6) is 6.01 Å². The Hall–Kier alpha value is -2.98. The minimum absolute atomic E-state index is 0.174. The Morgan fingerprint density at radius 3 is 2.86 bits per heavy atom. The van der Waals surface area contributed by atoms with Crippen LogP contribution in [0.25, 0.3) is 11.2 Å². The number of unbranched alkanes of at least 4 members (excludes halogenated alkanes) is 1. The molecule has 0 aliphatic heterocycles. The zero-order valence-corrected chi connectivity index (χ0v) is 16.6. The topological polar surface area (TPSA) is 150 Å². The van der Waals surface area contributed by atoms with Crippen LogP contribution in [-0.2, 0) is 13.1 Å². The number of nitrogens with one attached hydrogen (secondary N) is 2. The number of aromatic amines is 1. The maximum atomic E-state index is 12.4. The lowest BCUT2D eigenvalue weighted by atomic mass is 10.2. The van der Waals surface area contributed by atoms with E-state index in [1.165, 1.54) is 4.57 Å². The largest absolute Gasteiger partial charge is 0.463 e. The van der Waals surface area contributed by atoms with Crippen molar-refractivity contribution in [3.63, 3.8) is 0 Å². The molecule has 0 aliphatic rings. The summed E-state index contributed by atoms with van der Waals surface area (Å²) in [6.45, 7) is 5.08. The highest BCUT2D eigenvalue weighted by atomic mass is 16.5. The zero-order valence-electron chi connectivity index (χ0n) is 16.6. The van der Waals surface area contributed by atoms with Crippen molar-refractivity contribution in [2.75, 3.05) is 25.4 Å². The number of aromatic nitrogens is 5. The number of rotatable bonds is 11. The minimum atomic E-state index is -0.306. The van der Waals surface area contributed by atoms with Crippen LogP contribution < -0.4 is 27.2 Å². The van der Waals surface area contributed by atoms with Crippen LogP contribution in [0.15, 0.2) is 23.1 Å². The molecule has 29 heavy (non-hydrogen) atoms. The first-order valence-corrected chi connectivity index (χ1v) is 9.85. The molecule has 0 saturated heterocycles. The Morgan fingerprint density at radius 1 is 1.28 bits per heavy atom. The van der Waals surface area contributed by atoms with E-state index in [0.717, 1.165) is 37.1 Å². The number of H-pyrrole nitrogens is 1. The van der Waals surface area contributed by atoms with E-state index in [1.807, 2.05) is 12.1 Å². The molecule has 3 aromatic heterocycles. The third-order valence-corrected chi connectivity index (χ3v) is 4.45. The SMILES string of the molecule is CCCCOc1nc(N)c2[nH]c(=O)n(Cc3ccc(CNCCCN)nc3)c2n1. The number of fused-ring (bicyclic) bond motifs is 1. The number of hydrogen-bond acceptors (Lipinski definition) is 8. The van der Waals surface area contributed by atoms with Gasteiger partial charge in [0.1, 0.15) is 5.52 Å². The second-order valence-electron chi connectivity index (χ2n) is 6.79. The van der Waals surface area contributed by atoms with E-state index < -0.39 is 0 Å². The summed E-state index contributed by atoms with van der Waals surface area (Å²) in [4.78, 5) is 28.1. The highest BCUT2D eigenvalue weighted by Crippen LogP contribution is 2.18. The third kappa shape index (κ3) is 5.30. The van der Waals surface area contributed by atoms with Crippen molar-refractivity contribution in [1.29, 1.82) is 0 Å². The molecule has 0 aliphatic carbocycles. The Bertz CT molecular complexity index is 980. The van der Waals surface area contributed by atoms with Gasteiger partial charge in [0.25, 0.3) is 0 Å². The van der Waals surface area contributed by atoms with E-state index in [4.69, 9.17) is 16.2 Å². The Labute approximate surface area is 168 Å². The van der Waals surface area contributed by atoms with E-state index in [2.05, 4.69) is 32.2 Å². The number of imidazole rings is 1. The van der Waals surface area contributed by atoms with Crippen molar-refractivity contribution in [2.24, 2.45) is 5.73 Å². The lowest BCUT2D eigenvalue weighted by Crippen LogP contribution is -2.19. The predicted octanol–water partition coefficient (Wildman–Crippen LogP) is 0.762. The molecule has 0 unspecified atom stereocenters. The van der Waals surface area contributed by atoms with Gasteiger partial charge in [-0.05, 0) is 37.6 Å². The average molecular weight is 400 g/mol. The van der Waals surface area contributed by atoms with E-state index in [1.54, 1.807) is 6.20 Å². The van der Waals surface area contributed by atoms with Crippen LogP contribution in [0, 0.1) is 0 Å². The molecular formula is C19H28N8O2. The number of nitrogen functional groups attached to an aromatic ring is 1. The molecule has 0 amide bonds. The minimum Gasteiger partial charge on any atom is -0.463 e. The molecule has 3 rings (SSSR count). The summed E-state index contributed by atoms with van der Waals surface area (Å²) in [6, 6.07) is 4.06. The Balaban J connectivity index is 1.76. The normalized spacial score (nSPS) is 11.2. The van der Waals surface area contributed by atoms with Crippen LogP contribution in [0.3, 0.4) is 0 Å². The van der Waals surface area contributed by atoms with Gasteiger partial charge in [-0.1, -0.05) is 19.4 Å². The molecule has 3 heterocycles. The molecule has 0 bridgehead atoms. The smallest absolute Gasteiger partial charge is 0.328 e. The van der Waals surface area contributed by atoms with Crippen LogP contribution in [0.2, 0.25) is 0 Å². The number of hydrogen-bond donors (Lipinski definition) is 4. The first-order valence-electron chi connectivity index (χ1n) is 9.85. The number of ether oxygens (including phenoxy) is 1. The van der Waals surface area contributed by atoms with Gasteiger partial charge >= 0.3 is 11.7 Å². The Morgan fingerprint density at radius 2 is 2.14 bits per heavy atom. The molecule has 3 aromatic rings. The Kier molecular flexibility index (Phi) is 7.14. The van der Waals surface area contributed by atoms with Crippen molar-refractivity contribution in [2.45, 2.75) is 39.3 Å². The van der Waals surface area contributed by atoms with Gasteiger partial charge in [-0.15, -0.1) is 0 Å². The third-order valence-electron chi connectivity index (χ3n) is 4.45. The fourth-order valence-corrected chi connectivity index (χ4v) is 2.83. The maximum Gasteiger partial charge on any atom is 0.328 e. The zero-order chi connectivity index (χ0) is 20.6. The van der Waals surface area contributed by atoms with Crippen molar-refractivity contribution in [3.8, 4) is 6.01 Å². The van der Waals surface area contributed by atoms with Gasteiger partial charge in [0.05, 0.1) is 18.8 Å². The molecule has 0 radical (unpaired) electrons. The van der Waals surface area contributed by atoms with E-state index in [-0.39, 0.29) is 17.5 Å². The standard InChI is InChI=1S/C19H28N8O2/c1-2-3-9-29-18-25-16(21)15-17(26-18)27(19(28)24-15)12-13-5-6-14(23-10-13)11-22-8-4-7-20/h5-6,10,22H,2-4,7-9,11-12,20H2,1H3,(H,24,28)(H2,21,25,26). The van der Waals surface area contributed by atoms with Crippen LogP contribution in [0.4, 0.5) is 5.82 Å². The second kappa shape index (κ2) is 9.99. The van der Waals surface area contributed by atoms with Gasteiger partial charge in [0, 0.05) is 12.7 Å². The molecule has 0 spiro atoms. The van der Waals surface area contributed by atoms with E-state index in [9.17, 15) is 4.79 Å². The summed E-state index contributed by atoms with van der Waals surface area (Å²) in [7, 11) is 0. The number of nitrogens with two attached hydrogens (primary N) is 2. The summed E-state index contributed by atoms with van der Waals surface area (Å²) < 4.78 is 7.07. The van der Waals surface area contributed by atoms with Gasteiger partial charge in [0.2, 0.25) is 0 Å². The lowest BCUT2D eigenvalue weighted by Gasteiger charge is -2.07. The van der Waals surface area contributed by atoms with Crippen LogP contribution in [0.1, 0.15) is 37.4 Å². The molecule has 0 saturated carbocycles. The predicted molar refractivity (Wildman–Crippen MR) is 112 cm³/mol. The maximum absolute atomic E-state index is 12.4. The molecule has 156 valence electrons. The van der Waals surface area contributed by atoms with Crippen molar-refractivity contribution in [1.82, 2.24) is 29.8 Å². The van der Waals surface area contributed by atoms with Crippen molar-refractivity contribution >= 4 is 17.0 Å². The molecule has 10 nitrogen and oxygen atoms in total. The summed E-state index contributed by atoms with van der Waals surface area (Å²) in [5, 5.41) is 3.29. The lowest BCUT2D eigenvalue weighted by molar-refractivity contribution is 0.286. The molecule has 0 aromatic carbocycles. The quantitative estimate of drug-likeness (QED) is 0.345. The monoisotopic (exact) mass is 400 g/mol. The first kappa shape index (κ1) is 20.7. The van der Waals surface area contributed by atoms with Crippen molar-refractivity contribution in [3.05, 3.63) is 40.1 Å². The number of pyridine rings is 1. The van der Waals surface area contributed by atoms with Gasteiger partial charge < -0.3 is 26.5 Å². The highest BCUT2D eigenvalue weighted by Gasteiger charge is 2.15. The van der Waals surface area contributed by atoms with E-state index >= 15 is 0 Å². The first-order chi connectivity index (χ1) is 14.1.